The first-order valence-electron chi connectivity index (χ1n) is 9.48. The molecule has 1 aliphatic rings. The van der Waals surface area contributed by atoms with Gasteiger partial charge in [-0.05, 0) is 30.3 Å². The minimum absolute atomic E-state index is 0.0504. The lowest BCUT2D eigenvalue weighted by molar-refractivity contribution is -0.384. The number of nitro groups is 1. The van der Waals surface area contributed by atoms with E-state index in [9.17, 15) is 24.8 Å². The number of ether oxygens (including phenoxy) is 2. The summed E-state index contributed by atoms with van der Waals surface area (Å²) in [7, 11) is 0. The number of carboxylic acids is 1. The summed E-state index contributed by atoms with van der Waals surface area (Å²) in [6, 6.07) is 11.7. The van der Waals surface area contributed by atoms with E-state index in [4.69, 9.17) is 13.9 Å². The van der Waals surface area contributed by atoms with Crippen molar-refractivity contribution in [3.8, 4) is 22.8 Å². The molecule has 0 aliphatic carbocycles. The molecule has 1 aromatic heterocycles. The number of carbonyl (C=O) groups is 2. The molecule has 0 saturated carbocycles. The monoisotopic (exact) mass is 452 g/mol. The minimum Gasteiger partial charge on any atom is -0.478 e. The molecule has 0 spiro atoms. The van der Waals surface area contributed by atoms with Crippen molar-refractivity contribution < 1.29 is 33.5 Å². The van der Waals surface area contributed by atoms with E-state index in [0.29, 0.717) is 17.2 Å². The number of nitrogens with zero attached hydrogens (tertiary/aromatic N) is 2. The number of carboxylic acid groups (broad SMARTS) is 1. The summed E-state index contributed by atoms with van der Waals surface area (Å²) in [4.78, 5) is 33.7. The average molecular weight is 452 g/mol. The van der Waals surface area contributed by atoms with Gasteiger partial charge in [-0.2, -0.15) is 5.10 Å². The molecule has 3 aromatic rings. The number of nitro benzene ring substituents is 1. The normalized spacial score (nSPS) is 12.0. The van der Waals surface area contributed by atoms with Gasteiger partial charge in [-0.3, -0.25) is 14.9 Å². The molecule has 4 rings (SSSR count). The fourth-order valence-electron chi connectivity index (χ4n) is 3.00. The molecule has 33 heavy (non-hydrogen) atoms. The maximum Gasteiger partial charge on any atom is 0.336 e. The van der Waals surface area contributed by atoms with E-state index < -0.39 is 16.8 Å². The first-order valence-corrected chi connectivity index (χ1v) is 9.48. The molecule has 2 aromatic carbocycles. The smallest absolute Gasteiger partial charge is 0.336 e. The van der Waals surface area contributed by atoms with Gasteiger partial charge in [0.2, 0.25) is 6.79 Å². The van der Waals surface area contributed by atoms with Crippen LogP contribution in [0, 0.1) is 10.1 Å². The van der Waals surface area contributed by atoms with Crippen LogP contribution >= 0.6 is 0 Å². The number of nitrogens with one attached hydrogen (secondary N) is 2. The first-order chi connectivity index (χ1) is 15.9. The standard InChI is InChI=1S/C21H16N4O8/c26-20(10-22-12-1-5-18-19(7-12)32-11-31-18)24-23-9-14-3-6-17(33-14)15-4-2-13(25(29)30)8-16(15)21(27)28/h1-9,22H,10-11H2,(H,24,26)(H,27,28)/b23-9-. The molecule has 0 bridgehead atoms. The molecule has 2 heterocycles. The highest BCUT2D eigenvalue weighted by molar-refractivity contribution is 5.96. The summed E-state index contributed by atoms with van der Waals surface area (Å²) in [5.74, 6) is -0.104. The predicted octanol–water partition coefficient (Wildman–Crippen LogP) is 2.84. The third-order valence-electron chi connectivity index (χ3n) is 4.54. The van der Waals surface area contributed by atoms with Crippen LogP contribution in [0.25, 0.3) is 11.3 Å². The number of amides is 1. The van der Waals surface area contributed by atoms with Crippen molar-refractivity contribution in [1.82, 2.24) is 5.43 Å². The van der Waals surface area contributed by atoms with Gasteiger partial charge in [0.15, 0.2) is 11.5 Å². The zero-order chi connectivity index (χ0) is 23.4. The molecule has 0 unspecified atom stereocenters. The van der Waals surface area contributed by atoms with Crippen molar-refractivity contribution in [1.29, 1.82) is 0 Å². The number of hydrazone groups is 1. The van der Waals surface area contributed by atoms with E-state index in [1.165, 1.54) is 30.5 Å². The number of carbonyl (C=O) groups excluding carboxylic acids is 1. The largest absolute Gasteiger partial charge is 0.478 e. The lowest BCUT2D eigenvalue weighted by Gasteiger charge is -2.06. The molecule has 0 atom stereocenters. The number of fused-ring (bicyclic) bond motifs is 1. The van der Waals surface area contributed by atoms with Crippen LogP contribution in [0.4, 0.5) is 11.4 Å². The summed E-state index contributed by atoms with van der Waals surface area (Å²) < 4.78 is 16.0. The van der Waals surface area contributed by atoms with Crippen molar-refractivity contribution in [2.75, 3.05) is 18.7 Å². The Morgan fingerprint density at radius 2 is 1.94 bits per heavy atom. The summed E-state index contributed by atoms with van der Waals surface area (Å²) >= 11 is 0. The Labute approximate surface area is 185 Å². The van der Waals surface area contributed by atoms with Crippen LogP contribution in [0.5, 0.6) is 11.5 Å². The second-order valence-electron chi connectivity index (χ2n) is 6.71. The van der Waals surface area contributed by atoms with Crippen LogP contribution in [0.15, 0.2) is 58.0 Å². The van der Waals surface area contributed by atoms with Crippen molar-refractivity contribution in [2.24, 2.45) is 5.10 Å². The van der Waals surface area contributed by atoms with Gasteiger partial charge >= 0.3 is 5.97 Å². The Bertz CT molecular complexity index is 1270. The molecular formula is C21H16N4O8. The lowest BCUT2D eigenvalue weighted by atomic mass is 10.0. The van der Waals surface area contributed by atoms with E-state index in [1.54, 1.807) is 18.2 Å². The van der Waals surface area contributed by atoms with E-state index in [0.717, 1.165) is 6.07 Å². The number of aromatic carboxylic acids is 1. The van der Waals surface area contributed by atoms with Gasteiger partial charge < -0.3 is 24.3 Å². The van der Waals surface area contributed by atoms with Crippen molar-refractivity contribution in [3.63, 3.8) is 0 Å². The molecule has 3 N–H and O–H groups in total. The molecule has 0 radical (unpaired) electrons. The predicted molar refractivity (Wildman–Crippen MR) is 115 cm³/mol. The van der Waals surface area contributed by atoms with Crippen molar-refractivity contribution in [3.05, 3.63) is 70.0 Å². The Kier molecular flexibility index (Phi) is 5.89. The van der Waals surface area contributed by atoms with E-state index in [1.807, 2.05) is 0 Å². The zero-order valence-corrected chi connectivity index (χ0v) is 16.8. The van der Waals surface area contributed by atoms with Gasteiger partial charge in [-0.15, -0.1) is 0 Å². The number of hydrogen-bond donors (Lipinski definition) is 3. The molecule has 0 fully saturated rings. The molecular weight excluding hydrogens is 436 g/mol. The number of benzene rings is 2. The van der Waals surface area contributed by atoms with Crippen molar-refractivity contribution >= 4 is 29.5 Å². The topological polar surface area (TPSA) is 166 Å². The van der Waals surface area contributed by atoms with Gasteiger partial charge in [0.05, 0.1) is 23.2 Å². The Morgan fingerprint density at radius 1 is 1.12 bits per heavy atom. The molecule has 0 saturated heterocycles. The number of anilines is 1. The second-order valence-corrected chi connectivity index (χ2v) is 6.71. The Hall–Kier alpha value is -4.87. The quantitative estimate of drug-likeness (QED) is 0.265. The highest BCUT2D eigenvalue weighted by atomic mass is 16.7. The fourth-order valence-corrected chi connectivity index (χ4v) is 3.00. The maximum atomic E-state index is 12.0. The van der Waals surface area contributed by atoms with E-state index in [-0.39, 0.29) is 41.7 Å². The Balaban J connectivity index is 1.35. The number of non-ortho nitro benzene ring substituents is 1. The van der Waals surface area contributed by atoms with E-state index in [2.05, 4.69) is 15.8 Å². The van der Waals surface area contributed by atoms with Crippen LogP contribution in [0.2, 0.25) is 0 Å². The highest BCUT2D eigenvalue weighted by Gasteiger charge is 2.19. The number of furan rings is 1. The fraction of sp³-hybridized carbons (Fsp3) is 0.0952. The summed E-state index contributed by atoms with van der Waals surface area (Å²) in [5, 5.41) is 27.0. The van der Waals surface area contributed by atoms with Gasteiger partial charge in [0, 0.05) is 29.4 Å². The Morgan fingerprint density at radius 3 is 2.73 bits per heavy atom. The zero-order valence-electron chi connectivity index (χ0n) is 16.8. The van der Waals surface area contributed by atoms with Gasteiger partial charge in [-0.25, -0.2) is 10.2 Å². The summed E-state index contributed by atoms with van der Waals surface area (Å²) in [6.07, 6.45) is 1.24. The van der Waals surface area contributed by atoms with Crippen molar-refractivity contribution in [2.45, 2.75) is 0 Å². The van der Waals surface area contributed by atoms with Gasteiger partial charge in [0.1, 0.15) is 11.5 Å². The minimum atomic E-state index is -1.33. The average Bonchev–Trinajstić information content (AvgIpc) is 3.46. The molecule has 1 aliphatic heterocycles. The van der Waals surface area contributed by atoms with Crippen LogP contribution in [-0.2, 0) is 4.79 Å². The van der Waals surface area contributed by atoms with Crippen LogP contribution < -0.4 is 20.2 Å². The highest BCUT2D eigenvalue weighted by Crippen LogP contribution is 2.34. The summed E-state index contributed by atoms with van der Waals surface area (Å²) in [5.41, 5.74) is 2.56. The van der Waals surface area contributed by atoms with E-state index >= 15 is 0 Å². The third kappa shape index (κ3) is 4.90. The van der Waals surface area contributed by atoms with Gasteiger partial charge in [-0.1, -0.05) is 0 Å². The molecule has 12 nitrogen and oxygen atoms in total. The van der Waals surface area contributed by atoms with Gasteiger partial charge in [0.25, 0.3) is 11.6 Å². The molecule has 12 heteroatoms. The maximum absolute atomic E-state index is 12.0. The van der Waals surface area contributed by atoms with Crippen LogP contribution in [0.3, 0.4) is 0 Å². The summed E-state index contributed by atoms with van der Waals surface area (Å²) in [6.45, 7) is 0.107. The second kappa shape index (κ2) is 9.09. The number of hydrogen-bond acceptors (Lipinski definition) is 9. The number of rotatable bonds is 8. The van der Waals surface area contributed by atoms with Crippen LogP contribution in [0.1, 0.15) is 16.1 Å². The lowest BCUT2D eigenvalue weighted by Crippen LogP contribution is -2.25. The third-order valence-corrected chi connectivity index (χ3v) is 4.54. The van der Waals surface area contributed by atoms with Crippen LogP contribution in [-0.4, -0.2) is 41.5 Å². The molecule has 1 amide bonds. The molecule has 168 valence electrons. The first kappa shape index (κ1) is 21.4. The SMILES string of the molecule is O=C(CNc1ccc2c(c1)OCO2)N/N=C\c1ccc(-c2ccc([N+](=O)[O-])cc2C(=O)O)o1.